The van der Waals surface area contributed by atoms with Crippen molar-refractivity contribution in [2.24, 2.45) is 0 Å². The molecule has 0 spiro atoms. The Bertz CT molecular complexity index is 1490. The number of halogens is 3. The molecule has 3 aromatic carbocycles. The lowest BCUT2D eigenvalue weighted by Crippen LogP contribution is -2.52. The van der Waals surface area contributed by atoms with Crippen LogP contribution < -0.4 is 14.4 Å². The number of nitrogens with zero attached hydrogens (tertiary/aromatic N) is 2. The van der Waals surface area contributed by atoms with E-state index in [1.807, 2.05) is 13.8 Å². The first-order valence-electron chi connectivity index (χ1n) is 12.8. The first-order chi connectivity index (χ1) is 19.4. The molecule has 0 fully saturated rings. The summed E-state index contributed by atoms with van der Waals surface area (Å²) in [6.45, 7) is 4.77. The molecule has 41 heavy (non-hydrogen) atoms. The van der Waals surface area contributed by atoms with E-state index in [1.165, 1.54) is 42.3 Å². The van der Waals surface area contributed by atoms with Crippen LogP contribution in [-0.4, -0.2) is 50.9 Å². The van der Waals surface area contributed by atoms with Crippen molar-refractivity contribution >= 4 is 62.3 Å². The molecule has 2 amide bonds. The van der Waals surface area contributed by atoms with Crippen molar-refractivity contribution < 1.29 is 22.7 Å². The number of carbonyl (C=O) groups excluding carboxylic acids is 2. The molecule has 12 heteroatoms. The second-order valence-corrected chi connectivity index (χ2v) is 12.5. The van der Waals surface area contributed by atoms with Crippen LogP contribution in [0.25, 0.3) is 0 Å². The normalized spacial score (nSPS) is 12.8. The van der Waals surface area contributed by atoms with Gasteiger partial charge in [-0.25, -0.2) is 8.42 Å². The van der Waals surface area contributed by atoms with Crippen LogP contribution in [0.3, 0.4) is 0 Å². The molecule has 3 rings (SSSR count). The fourth-order valence-corrected chi connectivity index (χ4v) is 5.83. The number of ether oxygens (including phenoxy) is 1. The number of carbonyl (C=O) groups is 2. The number of sulfonamides is 1. The van der Waals surface area contributed by atoms with Crippen molar-refractivity contribution in [1.82, 2.24) is 10.2 Å². The third-order valence-corrected chi connectivity index (χ3v) is 9.29. The summed E-state index contributed by atoms with van der Waals surface area (Å²) in [5, 5.41) is 3.81. The van der Waals surface area contributed by atoms with Gasteiger partial charge in [0, 0.05) is 17.6 Å². The molecule has 0 saturated heterocycles. The van der Waals surface area contributed by atoms with Crippen LogP contribution in [0, 0.1) is 0 Å². The largest absolute Gasteiger partial charge is 0.497 e. The molecule has 220 valence electrons. The van der Waals surface area contributed by atoms with E-state index in [9.17, 15) is 18.0 Å². The van der Waals surface area contributed by atoms with Gasteiger partial charge in [0.25, 0.3) is 10.0 Å². The lowest BCUT2D eigenvalue weighted by molar-refractivity contribution is -0.139. The Morgan fingerprint density at radius 1 is 0.951 bits per heavy atom. The van der Waals surface area contributed by atoms with Crippen molar-refractivity contribution in [2.75, 3.05) is 18.0 Å². The monoisotopic (exact) mass is 639 g/mol. The van der Waals surface area contributed by atoms with E-state index in [4.69, 9.17) is 39.5 Å². The van der Waals surface area contributed by atoms with Gasteiger partial charge in [0.2, 0.25) is 11.8 Å². The summed E-state index contributed by atoms with van der Waals surface area (Å²) >= 11 is 18.5. The van der Waals surface area contributed by atoms with Crippen LogP contribution in [0.4, 0.5) is 5.69 Å². The van der Waals surface area contributed by atoms with E-state index in [2.05, 4.69) is 5.32 Å². The van der Waals surface area contributed by atoms with Gasteiger partial charge in [-0.1, -0.05) is 53.9 Å². The number of nitrogens with one attached hydrogen (secondary N) is 1. The quantitative estimate of drug-likeness (QED) is 0.255. The Kier molecular flexibility index (Phi) is 11.3. The highest BCUT2D eigenvalue weighted by Crippen LogP contribution is 2.28. The minimum atomic E-state index is -4.25. The van der Waals surface area contributed by atoms with Gasteiger partial charge in [0.1, 0.15) is 18.3 Å². The summed E-state index contributed by atoms with van der Waals surface area (Å²) in [7, 11) is -2.77. The lowest BCUT2D eigenvalue weighted by atomic mass is 10.1. The molecular weight excluding hydrogens is 609 g/mol. The summed E-state index contributed by atoms with van der Waals surface area (Å²) in [4.78, 5) is 28.4. The minimum Gasteiger partial charge on any atom is -0.497 e. The highest BCUT2D eigenvalue weighted by molar-refractivity contribution is 7.92. The molecule has 0 bridgehead atoms. The zero-order valence-corrected chi connectivity index (χ0v) is 26.2. The highest BCUT2D eigenvalue weighted by Gasteiger charge is 2.33. The summed E-state index contributed by atoms with van der Waals surface area (Å²) < 4.78 is 33.9. The van der Waals surface area contributed by atoms with E-state index in [0.29, 0.717) is 27.8 Å². The first kappa shape index (κ1) is 32.5. The predicted molar refractivity (Wildman–Crippen MR) is 163 cm³/mol. The number of rotatable bonds is 12. The Labute approximate surface area is 256 Å². The van der Waals surface area contributed by atoms with Crippen LogP contribution in [0.1, 0.15) is 32.8 Å². The van der Waals surface area contributed by atoms with E-state index >= 15 is 0 Å². The summed E-state index contributed by atoms with van der Waals surface area (Å²) in [5.41, 5.74) is 0.802. The minimum absolute atomic E-state index is 0.0171. The van der Waals surface area contributed by atoms with Crippen LogP contribution >= 0.6 is 34.8 Å². The fourth-order valence-electron chi connectivity index (χ4n) is 3.92. The standard InChI is InChI=1S/C29H32Cl3N3O5S/c1-5-19(2)33-29(37)20(3)34(17-21-9-14-26(31)27(32)15-21)28(36)18-35(23-8-6-7-22(30)16-23)41(38,39)25-12-10-24(40-4)11-13-25/h6-16,19-20H,5,17-18H2,1-4H3,(H,33,37)/t19-,20+/m1/s1. The van der Waals surface area contributed by atoms with Gasteiger partial charge in [-0.2, -0.15) is 0 Å². The third kappa shape index (κ3) is 8.29. The summed E-state index contributed by atoms with van der Waals surface area (Å²) in [6.07, 6.45) is 0.696. The zero-order chi connectivity index (χ0) is 30.3. The molecule has 0 radical (unpaired) electrons. The molecule has 0 heterocycles. The molecule has 0 aliphatic carbocycles. The maximum atomic E-state index is 14.0. The second-order valence-electron chi connectivity index (χ2n) is 9.43. The van der Waals surface area contributed by atoms with Gasteiger partial charge in [-0.05, 0) is 80.4 Å². The fraction of sp³-hybridized carbons (Fsp3) is 0.310. The SMILES string of the molecule is CC[C@@H](C)NC(=O)[C@H](C)N(Cc1ccc(Cl)c(Cl)c1)C(=O)CN(c1cccc(Cl)c1)S(=O)(=O)c1ccc(OC)cc1. The summed E-state index contributed by atoms with van der Waals surface area (Å²) in [6, 6.07) is 15.9. The van der Waals surface area contributed by atoms with Crippen molar-refractivity contribution in [3.63, 3.8) is 0 Å². The van der Waals surface area contributed by atoms with Crippen LogP contribution in [-0.2, 0) is 26.2 Å². The molecule has 8 nitrogen and oxygen atoms in total. The molecule has 3 aromatic rings. The molecule has 0 unspecified atom stereocenters. The second kappa shape index (κ2) is 14.3. The smallest absolute Gasteiger partial charge is 0.264 e. The molecular formula is C29H32Cl3N3O5S. The number of anilines is 1. The highest BCUT2D eigenvalue weighted by atomic mass is 35.5. The number of hydrogen-bond acceptors (Lipinski definition) is 5. The Balaban J connectivity index is 2.04. The number of methoxy groups -OCH3 is 1. The number of amides is 2. The number of hydrogen-bond donors (Lipinski definition) is 1. The van der Waals surface area contributed by atoms with Crippen molar-refractivity contribution in [3.8, 4) is 5.75 Å². The van der Waals surface area contributed by atoms with Crippen LogP contribution in [0.15, 0.2) is 71.6 Å². The Hall–Kier alpha value is -2.98. The molecule has 1 N–H and O–H groups in total. The maximum Gasteiger partial charge on any atom is 0.264 e. The van der Waals surface area contributed by atoms with Crippen molar-refractivity contribution in [2.45, 2.75) is 50.7 Å². The summed E-state index contributed by atoms with van der Waals surface area (Å²) in [5.74, 6) is -0.511. The average Bonchev–Trinajstić information content (AvgIpc) is 2.95. The van der Waals surface area contributed by atoms with Crippen molar-refractivity contribution in [3.05, 3.63) is 87.4 Å². The Morgan fingerprint density at radius 3 is 2.22 bits per heavy atom. The third-order valence-electron chi connectivity index (χ3n) is 6.53. The predicted octanol–water partition coefficient (Wildman–Crippen LogP) is 6.18. The Morgan fingerprint density at radius 2 is 1.63 bits per heavy atom. The van der Waals surface area contributed by atoms with Crippen LogP contribution in [0.5, 0.6) is 5.75 Å². The zero-order valence-electron chi connectivity index (χ0n) is 23.1. The van der Waals surface area contributed by atoms with Gasteiger partial charge in [-0.15, -0.1) is 0 Å². The van der Waals surface area contributed by atoms with E-state index in [-0.39, 0.29) is 34.1 Å². The van der Waals surface area contributed by atoms with E-state index in [1.54, 1.807) is 43.3 Å². The van der Waals surface area contributed by atoms with Gasteiger partial charge < -0.3 is 15.0 Å². The maximum absolute atomic E-state index is 14.0. The van der Waals surface area contributed by atoms with E-state index < -0.39 is 28.5 Å². The molecule has 0 aliphatic rings. The van der Waals surface area contributed by atoms with Gasteiger partial charge >= 0.3 is 0 Å². The number of benzene rings is 3. The van der Waals surface area contributed by atoms with E-state index in [0.717, 1.165) is 4.31 Å². The lowest BCUT2D eigenvalue weighted by Gasteiger charge is -2.32. The van der Waals surface area contributed by atoms with Gasteiger partial charge in [0.15, 0.2) is 0 Å². The average molecular weight is 641 g/mol. The molecule has 2 atom stereocenters. The molecule has 0 aromatic heterocycles. The van der Waals surface area contributed by atoms with Gasteiger partial charge in [0.05, 0.1) is 27.7 Å². The first-order valence-corrected chi connectivity index (χ1v) is 15.4. The topological polar surface area (TPSA) is 96.0 Å². The van der Waals surface area contributed by atoms with Gasteiger partial charge in [-0.3, -0.25) is 13.9 Å². The van der Waals surface area contributed by atoms with Crippen molar-refractivity contribution in [1.29, 1.82) is 0 Å². The van der Waals surface area contributed by atoms with Crippen LogP contribution in [0.2, 0.25) is 15.1 Å². The molecule has 0 saturated carbocycles. The molecule has 0 aliphatic heterocycles.